The summed E-state index contributed by atoms with van der Waals surface area (Å²) < 4.78 is 0. The van der Waals surface area contributed by atoms with Gasteiger partial charge in [-0.1, -0.05) is 58.0 Å². The minimum Gasteiger partial charge on any atom is -0.480 e. The number of carboxylic acid groups (broad SMARTS) is 1. The second-order valence-corrected chi connectivity index (χ2v) is 12.2. The highest BCUT2D eigenvalue weighted by molar-refractivity contribution is 5.96. The molecule has 1 aliphatic rings. The molecule has 14 nitrogen and oxygen atoms in total. The molecule has 250 valence electrons. The van der Waals surface area contributed by atoms with Crippen molar-refractivity contribution in [3.63, 3.8) is 0 Å². The Morgan fingerprint density at radius 3 is 1.98 bits per heavy atom. The van der Waals surface area contributed by atoms with Crippen LogP contribution in [-0.4, -0.2) is 101 Å². The Hall–Kier alpha value is -4.04. The lowest BCUT2D eigenvalue weighted by Gasteiger charge is -2.31. The molecule has 14 heteroatoms. The second kappa shape index (κ2) is 18.1. The Labute approximate surface area is 263 Å². The van der Waals surface area contributed by atoms with Gasteiger partial charge in [-0.15, -0.1) is 0 Å². The summed E-state index contributed by atoms with van der Waals surface area (Å²) in [4.78, 5) is 78.4. The number of benzene rings is 1. The first-order chi connectivity index (χ1) is 21.3. The van der Waals surface area contributed by atoms with Crippen LogP contribution < -0.4 is 27.0 Å². The topological polar surface area (TPSA) is 220 Å². The lowest BCUT2D eigenvalue weighted by atomic mass is 9.99. The Kier molecular flexibility index (Phi) is 14.9. The fraction of sp³-hybridized carbons (Fsp3) is 0.613. The molecule has 0 spiro atoms. The van der Waals surface area contributed by atoms with E-state index in [4.69, 9.17) is 5.73 Å². The number of hydrogen-bond donors (Lipinski definition) is 7. The number of aliphatic hydroxyl groups is 1. The van der Waals surface area contributed by atoms with E-state index < -0.39 is 72.3 Å². The van der Waals surface area contributed by atoms with E-state index in [1.807, 2.05) is 27.7 Å². The molecule has 1 fully saturated rings. The summed E-state index contributed by atoms with van der Waals surface area (Å²) in [7, 11) is 0. The van der Waals surface area contributed by atoms with Crippen LogP contribution in [0.5, 0.6) is 0 Å². The van der Waals surface area contributed by atoms with Gasteiger partial charge < -0.3 is 42.1 Å². The highest BCUT2D eigenvalue weighted by Gasteiger charge is 2.40. The van der Waals surface area contributed by atoms with Gasteiger partial charge >= 0.3 is 5.97 Å². The van der Waals surface area contributed by atoms with Gasteiger partial charge in [0.2, 0.25) is 29.5 Å². The number of rotatable bonds is 17. The number of nitrogens with one attached hydrogen (secondary N) is 4. The molecular formula is C31H48N6O8. The lowest BCUT2D eigenvalue weighted by Crippen LogP contribution is -2.59. The van der Waals surface area contributed by atoms with Crippen molar-refractivity contribution in [3.05, 3.63) is 35.9 Å². The monoisotopic (exact) mass is 632 g/mol. The number of hydrogen-bond acceptors (Lipinski definition) is 8. The largest absolute Gasteiger partial charge is 0.480 e. The molecule has 0 bridgehead atoms. The maximum absolute atomic E-state index is 13.8. The van der Waals surface area contributed by atoms with Crippen LogP contribution in [0, 0.1) is 11.8 Å². The maximum Gasteiger partial charge on any atom is 0.326 e. The molecule has 0 unspecified atom stereocenters. The minimum atomic E-state index is -1.46. The number of carboxylic acids is 1. The predicted molar refractivity (Wildman–Crippen MR) is 165 cm³/mol. The molecule has 1 saturated heterocycles. The second-order valence-electron chi connectivity index (χ2n) is 12.2. The molecule has 8 N–H and O–H groups in total. The van der Waals surface area contributed by atoms with Crippen LogP contribution >= 0.6 is 0 Å². The van der Waals surface area contributed by atoms with Gasteiger partial charge in [-0.2, -0.15) is 0 Å². The van der Waals surface area contributed by atoms with Crippen LogP contribution in [0.25, 0.3) is 0 Å². The Bertz CT molecular complexity index is 1180. The van der Waals surface area contributed by atoms with Crippen molar-refractivity contribution in [2.24, 2.45) is 17.6 Å². The molecule has 1 aliphatic heterocycles. The van der Waals surface area contributed by atoms with E-state index in [2.05, 4.69) is 21.3 Å². The number of likely N-dealkylation sites (tertiary alicyclic amines) is 1. The van der Waals surface area contributed by atoms with Gasteiger partial charge in [0, 0.05) is 13.0 Å². The van der Waals surface area contributed by atoms with E-state index in [1.54, 1.807) is 30.3 Å². The van der Waals surface area contributed by atoms with Gasteiger partial charge in [-0.25, -0.2) is 4.79 Å². The molecule has 0 saturated carbocycles. The molecule has 0 radical (unpaired) electrons. The third-order valence-electron chi connectivity index (χ3n) is 7.42. The van der Waals surface area contributed by atoms with E-state index in [0.29, 0.717) is 18.4 Å². The Morgan fingerprint density at radius 2 is 1.42 bits per heavy atom. The van der Waals surface area contributed by atoms with E-state index in [1.165, 1.54) is 4.90 Å². The summed E-state index contributed by atoms with van der Waals surface area (Å²) in [5.74, 6) is -4.32. The number of carbonyl (C=O) groups excluding carboxylic acids is 5. The number of amides is 5. The van der Waals surface area contributed by atoms with Gasteiger partial charge in [-0.3, -0.25) is 24.0 Å². The highest BCUT2D eigenvalue weighted by Crippen LogP contribution is 2.21. The zero-order valence-corrected chi connectivity index (χ0v) is 26.5. The fourth-order valence-corrected chi connectivity index (χ4v) is 5.21. The van der Waals surface area contributed by atoms with Crippen LogP contribution in [0.15, 0.2) is 30.3 Å². The summed E-state index contributed by atoms with van der Waals surface area (Å²) in [5, 5.41) is 29.7. The minimum absolute atomic E-state index is 0.00292. The number of nitrogens with two attached hydrogens (primary N) is 1. The highest BCUT2D eigenvalue weighted by atomic mass is 16.4. The fourth-order valence-electron chi connectivity index (χ4n) is 5.21. The average Bonchev–Trinajstić information content (AvgIpc) is 3.48. The van der Waals surface area contributed by atoms with Crippen LogP contribution in [0.1, 0.15) is 58.9 Å². The van der Waals surface area contributed by atoms with E-state index in [0.717, 1.165) is 0 Å². The first kappa shape index (κ1) is 37.1. The van der Waals surface area contributed by atoms with Gasteiger partial charge in [-0.05, 0) is 43.1 Å². The maximum atomic E-state index is 13.8. The van der Waals surface area contributed by atoms with Gasteiger partial charge in [0.1, 0.15) is 30.2 Å². The first-order valence-electron chi connectivity index (χ1n) is 15.4. The number of nitrogens with zero attached hydrogens (tertiary/aromatic N) is 1. The van der Waals surface area contributed by atoms with Crippen molar-refractivity contribution in [3.8, 4) is 0 Å². The summed E-state index contributed by atoms with van der Waals surface area (Å²) in [5.41, 5.74) is 6.09. The molecule has 5 amide bonds. The predicted octanol–water partition coefficient (Wildman–Crippen LogP) is -0.713. The van der Waals surface area contributed by atoms with Crippen LogP contribution in [-0.2, 0) is 35.2 Å². The van der Waals surface area contributed by atoms with Crippen molar-refractivity contribution in [1.82, 2.24) is 26.2 Å². The zero-order valence-electron chi connectivity index (χ0n) is 26.5. The van der Waals surface area contributed by atoms with Crippen molar-refractivity contribution >= 4 is 35.5 Å². The summed E-state index contributed by atoms with van der Waals surface area (Å²) in [6.45, 7) is 6.69. The van der Waals surface area contributed by atoms with Gasteiger partial charge in [0.15, 0.2) is 0 Å². The van der Waals surface area contributed by atoms with Crippen LogP contribution in [0.3, 0.4) is 0 Å². The van der Waals surface area contributed by atoms with Gasteiger partial charge in [0.05, 0.1) is 13.2 Å². The third-order valence-corrected chi connectivity index (χ3v) is 7.42. The van der Waals surface area contributed by atoms with E-state index >= 15 is 0 Å². The quantitative estimate of drug-likeness (QED) is 0.115. The molecule has 2 rings (SSSR count). The first-order valence-corrected chi connectivity index (χ1v) is 15.4. The number of aliphatic hydroxyl groups excluding tert-OH is 1. The molecule has 1 aromatic carbocycles. The normalized spacial score (nSPS) is 17.2. The van der Waals surface area contributed by atoms with Gasteiger partial charge in [0.25, 0.3) is 0 Å². The Morgan fingerprint density at radius 1 is 0.844 bits per heavy atom. The number of aliphatic carboxylic acids is 1. The Balaban J connectivity index is 2.15. The molecule has 5 atom stereocenters. The molecular weight excluding hydrogens is 584 g/mol. The summed E-state index contributed by atoms with van der Waals surface area (Å²) >= 11 is 0. The van der Waals surface area contributed by atoms with Crippen LogP contribution in [0.4, 0.5) is 0 Å². The lowest BCUT2D eigenvalue weighted by molar-refractivity contribution is -0.144. The molecule has 1 heterocycles. The molecule has 0 aromatic heterocycles. The van der Waals surface area contributed by atoms with Crippen LogP contribution in [0.2, 0.25) is 0 Å². The molecule has 45 heavy (non-hydrogen) atoms. The zero-order chi connectivity index (χ0) is 33.7. The van der Waals surface area contributed by atoms with Crippen molar-refractivity contribution in [1.29, 1.82) is 0 Å². The van der Waals surface area contributed by atoms with E-state index in [9.17, 15) is 39.0 Å². The standard InChI is InChI=1S/C31H48N6O8/c1-18(2)13-21(33-26(39)16-32)27(40)34-22(14-19(3)4)30(43)37-12-8-11-25(37)29(42)36-24(17-38)28(41)35-23(31(44)45)15-20-9-6-5-7-10-20/h5-7,9-10,18-19,21-25,38H,8,11-17,32H2,1-4H3,(H,33,39)(H,34,40)(H,35,41)(H,36,42)(H,44,45)/t21-,22-,23-,24-,25-/m0/s1. The number of carbonyl (C=O) groups is 6. The summed E-state index contributed by atoms with van der Waals surface area (Å²) in [6, 6.07) is 3.06. The molecule has 1 aromatic rings. The van der Waals surface area contributed by atoms with Crippen molar-refractivity contribution in [2.45, 2.75) is 90.0 Å². The van der Waals surface area contributed by atoms with Crippen molar-refractivity contribution < 1.29 is 39.0 Å². The van der Waals surface area contributed by atoms with Crippen molar-refractivity contribution in [2.75, 3.05) is 19.7 Å². The SMILES string of the molecule is CC(C)C[C@H](NC(=O)CN)C(=O)N[C@@H](CC(C)C)C(=O)N1CCC[C@H]1C(=O)N[C@@H](CO)C(=O)N[C@@H](Cc1ccccc1)C(=O)O. The summed E-state index contributed by atoms with van der Waals surface area (Å²) in [6.07, 6.45) is 1.37. The van der Waals surface area contributed by atoms with E-state index in [-0.39, 0.29) is 44.2 Å². The average molecular weight is 633 g/mol. The molecule has 0 aliphatic carbocycles. The smallest absolute Gasteiger partial charge is 0.326 e. The third kappa shape index (κ3) is 11.8.